The average Bonchev–Trinajstić information content (AvgIpc) is 3.10. The maximum absolute atomic E-state index is 12.3. The van der Waals surface area contributed by atoms with Gasteiger partial charge in [-0.1, -0.05) is 25.1 Å². The van der Waals surface area contributed by atoms with Gasteiger partial charge in [-0.05, 0) is 36.8 Å². The number of anilines is 1. The summed E-state index contributed by atoms with van der Waals surface area (Å²) in [5.74, 6) is 0.608. The number of hydrogen-bond acceptors (Lipinski definition) is 6. The first-order valence-corrected chi connectivity index (χ1v) is 11.3. The molecule has 10 atom stereocenters. The van der Waals surface area contributed by atoms with Crippen LogP contribution in [0.4, 0.5) is 5.69 Å². The zero-order chi connectivity index (χ0) is 20.9. The number of nitrogens with zero attached hydrogens (tertiary/aromatic N) is 2. The highest BCUT2D eigenvalue weighted by Crippen LogP contribution is 2.69. The van der Waals surface area contributed by atoms with Crippen molar-refractivity contribution in [2.24, 2.45) is 17.8 Å². The third kappa shape index (κ3) is 1.99. The van der Waals surface area contributed by atoms with Gasteiger partial charge in [0.05, 0.1) is 11.5 Å². The van der Waals surface area contributed by atoms with Crippen molar-refractivity contribution in [3.8, 4) is 0 Å². The fraction of sp³-hybridized carbons (Fsp3) is 0.667. The number of piperidine rings is 4. The maximum Gasteiger partial charge on any atom is 0.304 e. The van der Waals surface area contributed by atoms with Crippen LogP contribution in [0, 0.1) is 17.8 Å². The van der Waals surface area contributed by atoms with Crippen LogP contribution in [-0.2, 0) is 24.5 Å². The summed E-state index contributed by atoms with van der Waals surface area (Å²) in [7, 11) is 2.18. The fourth-order valence-electron chi connectivity index (χ4n) is 8.49. The molecule has 7 rings (SSSR count). The first-order valence-electron chi connectivity index (χ1n) is 11.3. The summed E-state index contributed by atoms with van der Waals surface area (Å²) in [5.41, 5.74) is 2.41. The molecule has 5 heterocycles. The molecule has 0 radical (unpaired) electrons. The minimum Gasteiger partial charge on any atom is -0.461 e. The van der Waals surface area contributed by atoms with Gasteiger partial charge in [0, 0.05) is 50.5 Å². The van der Waals surface area contributed by atoms with E-state index < -0.39 is 0 Å². The second kappa shape index (κ2) is 6.00. The number of carbonyl (C=O) groups excluding carboxylic acids is 2. The normalized spacial score (nSPS) is 46.5. The molecular weight excluding hydrogens is 380 g/mol. The lowest BCUT2D eigenvalue weighted by Crippen LogP contribution is -2.73. The van der Waals surface area contributed by atoms with Crippen molar-refractivity contribution in [1.82, 2.24) is 4.90 Å². The number of rotatable bonds is 3. The van der Waals surface area contributed by atoms with E-state index in [2.05, 4.69) is 48.0 Å². The molecule has 1 aliphatic carbocycles. The maximum atomic E-state index is 12.3. The monoisotopic (exact) mass is 410 g/mol. The van der Waals surface area contributed by atoms with E-state index in [0.29, 0.717) is 29.8 Å². The number of para-hydroxylation sites is 1. The molecule has 1 aromatic carbocycles. The van der Waals surface area contributed by atoms with E-state index in [1.54, 1.807) is 6.92 Å². The van der Waals surface area contributed by atoms with Crippen molar-refractivity contribution in [2.75, 3.05) is 11.9 Å². The molecule has 1 saturated carbocycles. The zero-order valence-electron chi connectivity index (χ0n) is 18.1. The van der Waals surface area contributed by atoms with Crippen LogP contribution < -0.4 is 4.90 Å². The van der Waals surface area contributed by atoms with Crippen LogP contribution in [-0.4, -0.2) is 54.3 Å². The highest BCUT2D eigenvalue weighted by molar-refractivity contribution is 5.70. The molecule has 5 fully saturated rings. The molecule has 5 aliphatic heterocycles. The van der Waals surface area contributed by atoms with Crippen molar-refractivity contribution < 1.29 is 19.1 Å². The third-order valence-electron chi connectivity index (χ3n) is 8.98. The molecule has 160 valence electrons. The van der Waals surface area contributed by atoms with E-state index in [0.717, 1.165) is 19.3 Å². The Hall–Kier alpha value is -2.08. The van der Waals surface area contributed by atoms with Gasteiger partial charge in [0.15, 0.2) is 6.23 Å². The lowest BCUT2D eigenvalue weighted by Gasteiger charge is -2.62. The Morgan fingerprint density at radius 3 is 2.57 bits per heavy atom. The predicted molar refractivity (Wildman–Crippen MR) is 111 cm³/mol. The second-order valence-corrected chi connectivity index (χ2v) is 9.98. The second-order valence-electron chi connectivity index (χ2n) is 9.98. The lowest BCUT2D eigenvalue weighted by molar-refractivity contribution is -0.228. The van der Waals surface area contributed by atoms with Crippen LogP contribution in [0.3, 0.4) is 0 Å². The van der Waals surface area contributed by atoms with E-state index >= 15 is 0 Å². The first kappa shape index (κ1) is 18.7. The summed E-state index contributed by atoms with van der Waals surface area (Å²) in [6, 6.07) is 9.46. The molecule has 4 saturated heterocycles. The molecule has 0 N–H and O–H groups in total. The highest BCUT2D eigenvalue weighted by atomic mass is 16.6. The Labute approximate surface area is 177 Å². The molecule has 1 spiro atoms. The quantitative estimate of drug-likeness (QED) is 0.714. The number of benzene rings is 1. The Morgan fingerprint density at radius 2 is 1.87 bits per heavy atom. The topological polar surface area (TPSA) is 59.1 Å². The van der Waals surface area contributed by atoms with Crippen LogP contribution in [0.2, 0.25) is 0 Å². The minimum absolute atomic E-state index is 0.122. The molecule has 3 unspecified atom stereocenters. The molecule has 6 aliphatic rings. The largest absolute Gasteiger partial charge is 0.461 e. The summed E-state index contributed by atoms with van der Waals surface area (Å²) < 4.78 is 12.2. The summed E-state index contributed by atoms with van der Waals surface area (Å²) in [5, 5.41) is 0. The van der Waals surface area contributed by atoms with Gasteiger partial charge in [-0.25, -0.2) is 0 Å². The van der Waals surface area contributed by atoms with Gasteiger partial charge < -0.3 is 14.4 Å². The van der Waals surface area contributed by atoms with E-state index in [1.807, 2.05) is 0 Å². The number of hydrogen-bond donors (Lipinski definition) is 0. The van der Waals surface area contributed by atoms with Crippen molar-refractivity contribution in [3.05, 3.63) is 29.8 Å². The molecule has 0 amide bonds. The lowest BCUT2D eigenvalue weighted by atomic mass is 9.62. The summed E-state index contributed by atoms with van der Waals surface area (Å²) in [6.45, 7) is 5.26. The molecule has 6 nitrogen and oxygen atoms in total. The first-order chi connectivity index (χ1) is 14.4. The molecular formula is C24H30N2O4. The number of likely N-dealkylation sites (N-methyl/N-ethyl adjacent to an activating group) is 1. The van der Waals surface area contributed by atoms with Gasteiger partial charge in [-0.3, -0.25) is 14.5 Å². The minimum atomic E-state index is -0.203. The summed E-state index contributed by atoms with van der Waals surface area (Å²) >= 11 is 0. The van der Waals surface area contributed by atoms with E-state index in [1.165, 1.54) is 18.2 Å². The van der Waals surface area contributed by atoms with Gasteiger partial charge in [0.1, 0.15) is 6.10 Å². The fourth-order valence-corrected chi connectivity index (χ4v) is 8.49. The van der Waals surface area contributed by atoms with Crippen molar-refractivity contribution in [3.63, 3.8) is 0 Å². The number of carbonyl (C=O) groups is 2. The number of ether oxygens (including phenoxy) is 2. The van der Waals surface area contributed by atoms with Crippen LogP contribution in [0.15, 0.2) is 24.3 Å². The van der Waals surface area contributed by atoms with Crippen molar-refractivity contribution in [1.29, 1.82) is 0 Å². The Morgan fingerprint density at radius 1 is 1.13 bits per heavy atom. The average molecular weight is 411 g/mol. The van der Waals surface area contributed by atoms with Gasteiger partial charge in [-0.2, -0.15) is 0 Å². The number of fused-ring (bicyclic) bond motifs is 2. The SMILES string of the molecule is CC[C@H]1[C@@H]2C[C@H]3[C@@H]4N(C)c5ccccc5[C@]45C[C@@H](C2C5OC(C)=O)N3[C@@H]1OC(C)=O. The Bertz CT molecular complexity index is 934. The third-order valence-corrected chi connectivity index (χ3v) is 8.98. The van der Waals surface area contributed by atoms with Crippen LogP contribution in [0.25, 0.3) is 0 Å². The predicted octanol–water partition coefficient (Wildman–Crippen LogP) is 2.70. The smallest absolute Gasteiger partial charge is 0.304 e. The van der Waals surface area contributed by atoms with E-state index in [-0.39, 0.29) is 35.7 Å². The van der Waals surface area contributed by atoms with E-state index in [9.17, 15) is 9.59 Å². The van der Waals surface area contributed by atoms with Gasteiger partial charge in [0.2, 0.25) is 0 Å². The van der Waals surface area contributed by atoms with Crippen LogP contribution in [0.5, 0.6) is 0 Å². The molecule has 6 heteroatoms. The van der Waals surface area contributed by atoms with Crippen molar-refractivity contribution in [2.45, 2.75) is 75.9 Å². The van der Waals surface area contributed by atoms with Gasteiger partial charge in [-0.15, -0.1) is 0 Å². The van der Waals surface area contributed by atoms with Gasteiger partial charge in [0.25, 0.3) is 0 Å². The van der Waals surface area contributed by atoms with Gasteiger partial charge >= 0.3 is 11.9 Å². The Kier molecular flexibility index (Phi) is 3.73. The van der Waals surface area contributed by atoms with E-state index in [4.69, 9.17) is 9.47 Å². The standard InChI is InChI=1S/C24H30N2O4/c1-5-14-15-10-18-21-24(16-8-6-7-9-17(16)25(21)4)11-19(20(15)22(24)29-12(2)27)26(18)23(14)30-13(3)28/h6-9,14-15,18-23H,5,10-11H2,1-4H3/t14-,15-,18-,19-,20?,21-,22?,23+,24+/m0/s1. The number of esters is 2. The molecule has 0 aromatic heterocycles. The van der Waals surface area contributed by atoms with Crippen LogP contribution >= 0.6 is 0 Å². The summed E-state index contributed by atoms with van der Waals surface area (Å²) in [4.78, 5) is 29.2. The summed E-state index contributed by atoms with van der Waals surface area (Å²) in [6.07, 6.45) is 2.72. The zero-order valence-corrected chi connectivity index (χ0v) is 18.1. The molecule has 5 bridgehead atoms. The Balaban J connectivity index is 1.56. The van der Waals surface area contributed by atoms with Crippen molar-refractivity contribution >= 4 is 17.6 Å². The van der Waals surface area contributed by atoms with Crippen LogP contribution in [0.1, 0.15) is 45.6 Å². The highest BCUT2D eigenvalue weighted by Gasteiger charge is 2.78. The molecule has 30 heavy (non-hydrogen) atoms. The molecule has 1 aromatic rings.